The lowest BCUT2D eigenvalue weighted by atomic mass is 10.8. The fraction of sp³-hybridized carbons (Fsp3) is 0.833. The van der Waals surface area contributed by atoms with Crippen LogP contribution in [-0.4, -0.2) is 29.4 Å². The van der Waals surface area contributed by atoms with Crippen LogP contribution in [0.25, 0.3) is 0 Å². The molecule has 0 heterocycles. The van der Waals surface area contributed by atoms with Crippen LogP contribution in [0.4, 0.5) is 0 Å². The molecule has 0 amide bonds. The normalized spacial score (nSPS) is 9.40. The highest BCUT2D eigenvalue weighted by molar-refractivity contribution is 9.09. The molecule has 0 saturated carbocycles. The van der Waals surface area contributed by atoms with E-state index in [1.807, 2.05) is 6.92 Å². The Morgan fingerprint density at radius 1 is 1.70 bits per heavy atom. The van der Waals surface area contributed by atoms with Crippen molar-refractivity contribution in [2.24, 2.45) is 0 Å². The van der Waals surface area contributed by atoms with Crippen LogP contribution in [0.5, 0.6) is 0 Å². The van der Waals surface area contributed by atoms with Gasteiger partial charge in [0.25, 0.3) is 0 Å². The van der Waals surface area contributed by atoms with Crippen LogP contribution in [0.1, 0.15) is 6.92 Å². The first-order chi connectivity index (χ1) is 4.81. The fourth-order valence-corrected chi connectivity index (χ4v) is 1.60. The predicted molar refractivity (Wildman–Crippen MR) is 47.8 cm³/mol. The summed E-state index contributed by atoms with van der Waals surface area (Å²) in [6, 6.07) is 0. The molecule has 0 aliphatic rings. The number of alkyl halides is 1. The zero-order chi connectivity index (χ0) is 7.82. The Kier molecular flexibility index (Phi) is 7.63. The quantitative estimate of drug-likeness (QED) is 0.406. The Hall–Kier alpha value is 0.300. The summed E-state index contributed by atoms with van der Waals surface area (Å²) < 4.78 is 4.71. The fourth-order valence-electron chi connectivity index (χ4n) is 0.413. The van der Waals surface area contributed by atoms with Crippen LogP contribution >= 0.6 is 27.7 Å². The number of esters is 1. The van der Waals surface area contributed by atoms with Gasteiger partial charge in [-0.15, -0.1) is 11.8 Å². The third-order valence-electron chi connectivity index (χ3n) is 0.747. The van der Waals surface area contributed by atoms with Crippen LogP contribution in [0, 0.1) is 0 Å². The molecule has 0 rings (SSSR count). The molecule has 0 N–H and O–H groups in total. The molecule has 2 nitrogen and oxygen atoms in total. The van der Waals surface area contributed by atoms with Crippen molar-refractivity contribution in [2.75, 3.05) is 23.4 Å². The number of hydrogen-bond acceptors (Lipinski definition) is 3. The lowest BCUT2D eigenvalue weighted by molar-refractivity contribution is -0.139. The van der Waals surface area contributed by atoms with E-state index in [1.165, 1.54) is 0 Å². The standard InChI is InChI=1S/C6H11BrO2S/c1-2-9-6(8)5-10-4-3-7/h2-5H2,1H3. The maximum atomic E-state index is 10.7. The molecule has 0 fully saturated rings. The summed E-state index contributed by atoms with van der Waals surface area (Å²) in [6.45, 7) is 2.29. The van der Waals surface area contributed by atoms with Gasteiger partial charge in [0, 0.05) is 11.1 Å². The summed E-state index contributed by atoms with van der Waals surface area (Å²) in [7, 11) is 0. The van der Waals surface area contributed by atoms with E-state index in [0.29, 0.717) is 12.4 Å². The minimum atomic E-state index is -0.117. The van der Waals surface area contributed by atoms with E-state index < -0.39 is 0 Å². The van der Waals surface area contributed by atoms with Crippen molar-refractivity contribution in [3.05, 3.63) is 0 Å². The van der Waals surface area contributed by atoms with Gasteiger partial charge in [-0.1, -0.05) is 15.9 Å². The number of thioether (sulfide) groups is 1. The number of rotatable bonds is 5. The summed E-state index contributed by atoms with van der Waals surface area (Å²) in [5.74, 6) is 1.31. The van der Waals surface area contributed by atoms with E-state index in [2.05, 4.69) is 15.9 Å². The molecule has 0 spiro atoms. The Morgan fingerprint density at radius 3 is 2.90 bits per heavy atom. The topological polar surface area (TPSA) is 26.3 Å². The molecule has 0 radical (unpaired) electrons. The first kappa shape index (κ1) is 10.3. The van der Waals surface area contributed by atoms with Gasteiger partial charge in [-0.25, -0.2) is 0 Å². The molecular formula is C6H11BrO2S. The SMILES string of the molecule is CCOC(=O)CSCCBr. The summed E-state index contributed by atoms with van der Waals surface area (Å²) in [4.78, 5) is 10.7. The van der Waals surface area contributed by atoms with Crippen LogP contribution in [0.3, 0.4) is 0 Å². The van der Waals surface area contributed by atoms with Crippen LogP contribution in [0.15, 0.2) is 0 Å². The summed E-state index contributed by atoms with van der Waals surface area (Å²) >= 11 is 4.85. The highest BCUT2D eigenvalue weighted by Gasteiger charge is 1.99. The van der Waals surface area contributed by atoms with Crippen molar-refractivity contribution < 1.29 is 9.53 Å². The van der Waals surface area contributed by atoms with Crippen LogP contribution < -0.4 is 0 Å². The molecule has 60 valence electrons. The van der Waals surface area contributed by atoms with E-state index in [1.54, 1.807) is 11.8 Å². The monoisotopic (exact) mass is 226 g/mol. The van der Waals surface area contributed by atoms with Gasteiger partial charge in [-0.2, -0.15) is 0 Å². The van der Waals surface area contributed by atoms with Gasteiger partial charge < -0.3 is 4.74 Å². The second kappa shape index (κ2) is 7.41. The molecule has 0 aromatic carbocycles. The van der Waals surface area contributed by atoms with Gasteiger partial charge in [0.2, 0.25) is 0 Å². The molecule has 0 unspecified atom stereocenters. The van der Waals surface area contributed by atoms with E-state index in [4.69, 9.17) is 4.74 Å². The van der Waals surface area contributed by atoms with Crippen molar-refractivity contribution in [3.8, 4) is 0 Å². The Labute approximate surface area is 73.8 Å². The third-order valence-corrected chi connectivity index (χ3v) is 2.60. The maximum absolute atomic E-state index is 10.7. The van der Waals surface area contributed by atoms with E-state index in [9.17, 15) is 4.79 Å². The molecule has 10 heavy (non-hydrogen) atoms. The number of carbonyl (C=O) groups excluding carboxylic acids is 1. The molecule has 0 aliphatic carbocycles. The zero-order valence-electron chi connectivity index (χ0n) is 5.93. The van der Waals surface area contributed by atoms with Gasteiger partial charge >= 0.3 is 5.97 Å². The van der Waals surface area contributed by atoms with Gasteiger partial charge in [-0.3, -0.25) is 4.79 Å². The highest BCUT2D eigenvalue weighted by Crippen LogP contribution is 2.01. The minimum Gasteiger partial charge on any atom is -0.465 e. The third kappa shape index (κ3) is 6.42. The van der Waals surface area contributed by atoms with E-state index in [-0.39, 0.29) is 5.97 Å². The zero-order valence-corrected chi connectivity index (χ0v) is 8.33. The number of hydrogen-bond donors (Lipinski definition) is 0. The molecule has 0 aromatic heterocycles. The first-order valence-electron chi connectivity index (χ1n) is 3.10. The lowest BCUT2D eigenvalue weighted by Crippen LogP contribution is -2.07. The average Bonchev–Trinajstić information content (AvgIpc) is 1.89. The highest BCUT2D eigenvalue weighted by atomic mass is 79.9. The Morgan fingerprint density at radius 2 is 2.40 bits per heavy atom. The Balaban J connectivity index is 3.05. The van der Waals surface area contributed by atoms with Gasteiger partial charge in [0.1, 0.15) is 0 Å². The molecule has 0 atom stereocenters. The van der Waals surface area contributed by atoms with Crippen molar-refractivity contribution in [3.63, 3.8) is 0 Å². The van der Waals surface area contributed by atoms with Gasteiger partial charge in [0.15, 0.2) is 0 Å². The molecular weight excluding hydrogens is 216 g/mol. The molecule has 0 aromatic rings. The van der Waals surface area contributed by atoms with Crippen molar-refractivity contribution in [2.45, 2.75) is 6.92 Å². The minimum absolute atomic E-state index is 0.117. The van der Waals surface area contributed by atoms with Gasteiger partial charge in [0.05, 0.1) is 12.4 Å². The molecule has 0 saturated heterocycles. The Bertz CT molecular complexity index is 97.7. The smallest absolute Gasteiger partial charge is 0.315 e. The lowest BCUT2D eigenvalue weighted by Gasteiger charge is -1.98. The van der Waals surface area contributed by atoms with Crippen molar-refractivity contribution >= 4 is 33.7 Å². The number of carbonyl (C=O) groups is 1. The molecule has 4 heteroatoms. The first-order valence-corrected chi connectivity index (χ1v) is 5.38. The van der Waals surface area contributed by atoms with Crippen LogP contribution in [-0.2, 0) is 9.53 Å². The van der Waals surface area contributed by atoms with Crippen LogP contribution in [0.2, 0.25) is 0 Å². The summed E-state index contributed by atoms with van der Waals surface area (Å²) in [5, 5.41) is 0.928. The van der Waals surface area contributed by atoms with Crippen molar-refractivity contribution in [1.82, 2.24) is 0 Å². The second-order valence-corrected chi connectivity index (χ2v) is 3.44. The molecule has 0 aliphatic heterocycles. The average molecular weight is 227 g/mol. The summed E-state index contributed by atoms with van der Waals surface area (Å²) in [6.07, 6.45) is 0. The molecule has 0 bridgehead atoms. The number of halogens is 1. The van der Waals surface area contributed by atoms with E-state index >= 15 is 0 Å². The van der Waals surface area contributed by atoms with Gasteiger partial charge in [-0.05, 0) is 6.92 Å². The second-order valence-electron chi connectivity index (χ2n) is 1.55. The predicted octanol–water partition coefficient (Wildman–Crippen LogP) is 1.68. The maximum Gasteiger partial charge on any atom is 0.315 e. The number of ether oxygens (including phenoxy) is 1. The van der Waals surface area contributed by atoms with Crippen molar-refractivity contribution in [1.29, 1.82) is 0 Å². The van der Waals surface area contributed by atoms with E-state index in [0.717, 1.165) is 11.1 Å². The summed E-state index contributed by atoms with van der Waals surface area (Å²) in [5.41, 5.74) is 0. The largest absolute Gasteiger partial charge is 0.465 e.